The van der Waals surface area contributed by atoms with Gasteiger partial charge in [0.25, 0.3) is 0 Å². The normalized spacial score (nSPS) is 15.5. The predicted octanol–water partition coefficient (Wildman–Crippen LogP) is 0.881. The zero-order valence-electron chi connectivity index (χ0n) is 10.8. The zero-order chi connectivity index (χ0) is 13.3. The lowest BCUT2D eigenvalue weighted by molar-refractivity contribution is 0.274. The largest absolute Gasteiger partial charge is 0.313 e. The zero-order valence-corrected chi connectivity index (χ0v) is 12.4. The third kappa shape index (κ3) is 2.90. The third-order valence-corrected chi connectivity index (χ3v) is 5.18. The molecule has 5 nitrogen and oxygen atoms in total. The second-order valence-corrected chi connectivity index (χ2v) is 6.42. The van der Waals surface area contributed by atoms with E-state index in [0.29, 0.717) is 24.2 Å². The van der Waals surface area contributed by atoms with E-state index >= 15 is 0 Å². The summed E-state index contributed by atoms with van der Waals surface area (Å²) in [6.45, 7) is 3.11. The van der Waals surface area contributed by atoms with Crippen molar-refractivity contribution in [3.05, 3.63) is 29.3 Å². The molecule has 1 aliphatic heterocycles. The third-order valence-electron chi connectivity index (χ3n) is 3.27. The maximum atomic E-state index is 12.3. The highest BCUT2D eigenvalue weighted by molar-refractivity contribution is 7.89. The molecule has 0 spiro atoms. The average Bonchev–Trinajstić information content (AvgIpc) is 2.26. The van der Waals surface area contributed by atoms with Crippen LogP contribution in [-0.4, -0.2) is 38.9 Å². The van der Waals surface area contributed by atoms with Gasteiger partial charge in [-0.3, -0.25) is 0 Å². The summed E-state index contributed by atoms with van der Waals surface area (Å²) in [4.78, 5) is 0.244. The first-order valence-electron chi connectivity index (χ1n) is 5.66. The van der Waals surface area contributed by atoms with Gasteiger partial charge in [-0.25, -0.2) is 8.42 Å². The van der Waals surface area contributed by atoms with Gasteiger partial charge in [0.15, 0.2) is 0 Å². The Bertz CT molecular complexity index is 606. The molecule has 0 atom stereocenters. The Balaban J connectivity index is 0.00000180. The molecule has 19 heavy (non-hydrogen) atoms. The molecule has 0 unspecified atom stereocenters. The first-order valence-corrected chi connectivity index (χ1v) is 7.10. The predicted molar refractivity (Wildman–Crippen MR) is 74.7 cm³/mol. The van der Waals surface area contributed by atoms with Crippen molar-refractivity contribution in [1.29, 1.82) is 5.26 Å². The number of rotatable bonds is 3. The standard InChI is InChI=1S/C12H15N3O2S.ClH/c1-9-5-12(4-3-10(9)6-13)18(16,17)15(2)11-7-14-8-11;/h3-5,11,14H,7-8H2,1-2H3;1H. The Labute approximate surface area is 119 Å². The second-order valence-electron chi connectivity index (χ2n) is 4.42. The molecule has 0 aromatic heterocycles. The van der Waals surface area contributed by atoms with Gasteiger partial charge in [0.2, 0.25) is 10.0 Å². The number of nitrogens with one attached hydrogen (secondary N) is 1. The summed E-state index contributed by atoms with van der Waals surface area (Å²) in [6.07, 6.45) is 0. The van der Waals surface area contributed by atoms with Gasteiger partial charge in [-0.1, -0.05) is 0 Å². The van der Waals surface area contributed by atoms with Crippen molar-refractivity contribution >= 4 is 22.4 Å². The van der Waals surface area contributed by atoms with Crippen LogP contribution in [0.25, 0.3) is 0 Å². The molecule has 104 valence electrons. The van der Waals surface area contributed by atoms with E-state index in [0.717, 1.165) is 0 Å². The van der Waals surface area contributed by atoms with Crippen LogP contribution in [0.1, 0.15) is 11.1 Å². The molecule has 1 saturated heterocycles. The topological polar surface area (TPSA) is 73.2 Å². The van der Waals surface area contributed by atoms with E-state index < -0.39 is 10.0 Å². The molecule has 1 N–H and O–H groups in total. The highest BCUT2D eigenvalue weighted by Gasteiger charge is 2.31. The van der Waals surface area contributed by atoms with Crippen molar-refractivity contribution in [2.45, 2.75) is 17.9 Å². The van der Waals surface area contributed by atoms with E-state index in [-0.39, 0.29) is 23.3 Å². The van der Waals surface area contributed by atoms with E-state index in [1.54, 1.807) is 26.1 Å². The lowest BCUT2D eigenvalue weighted by atomic mass is 10.1. The van der Waals surface area contributed by atoms with Crippen LogP contribution in [-0.2, 0) is 10.0 Å². The second kappa shape index (κ2) is 5.88. The van der Waals surface area contributed by atoms with Gasteiger partial charge in [0.05, 0.1) is 16.5 Å². The number of sulfonamides is 1. The first kappa shape index (κ1) is 15.9. The van der Waals surface area contributed by atoms with Crippen LogP contribution in [0.3, 0.4) is 0 Å². The minimum Gasteiger partial charge on any atom is -0.313 e. The molecule has 1 fully saturated rings. The van der Waals surface area contributed by atoms with Gasteiger partial charge >= 0.3 is 0 Å². The van der Waals surface area contributed by atoms with Crippen molar-refractivity contribution in [2.24, 2.45) is 0 Å². The smallest absolute Gasteiger partial charge is 0.243 e. The van der Waals surface area contributed by atoms with Gasteiger partial charge < -0.3 is 5.32 Å². The van der Waals surface area contributed by atoms with Crippen LogP contribution in [0.2, 0.25) is 0 Å². The summed E-state index contributed by atoms with van der Waals surface area (Å²) in [5.74, 6) is 0. The van der Waals surface area contributed by atoms with Gasteiger partial charge in [-0.2, -0.15) is 9.57 Å². The number of nitrogens with zero attached hydrogens (tertiary/aromatic N) is 2. The summed E-state index contributed by atoms with van der Waals surface area (Å²) in [5.41, 5.74) is 1.18. The van der Waals surface area contributed by atoms with E-state index in [9.17, 15) is 8.42 Å². The van der Waals surface area contributed by atoms with Gasteiger partial charge in [0, 0.05) is 26.2 Å². The summed E-state index contributed by atoms with van der Waals surface area (Å²) in [7, 11) is -1.87. The van der Waals surface area contributed by atoms with Gasteiger partial charge in [-0.15, -0.1) is 12.4 Å². The number of hydrogen-bond acceptors (Lipinski definition) is 4. The molecular formula is C12H16ClN3O2S. The SMILES string of the molecule is Cc1cc(S(=O)(=O)N(C)C2CNC2)ccc1C#N.Cl. The van der Waals surface area contributed by atoms with Crippen molar-refractivity contribution in [1.82, 2.24) is 9.62 Å². The van der Waals surface area contributed by atoms with Crippen LogP contribution in [0, 0.1) is 18.3 Å². The molecule has 0 saturated carbocycles. The Morgan fingerprint density at radius 3 is 2.47 bits per heavy atom. The molecule has 7 heteroatoms. The number of benzene rings is 1. The van der Waals surface area contributed by atoms with Crippen LogP contribution in [0.15, 0.2) is 23.1 Å². The van der Waals surface area contributed by atoms with E-state index in [1.807, 2.05) is 6.07 Å². The quantitative estimate of drug-likeness (QED) is 0.899. The highest BCUT2D eigenvalue weighted by atomic mass is 35.5. The monoisotopic (exact) mass is 301 g/mol. The Kier molecular flexibility index (Phi) is 4.93. The molecule has 0 bridgehead atoms. The van der Waals surface area contributed by atoms with Gasteiger partial charge in [-0.05, 0) is 30.7 Å². The summed E-state index contributed by atoms with van der Waals surface area (Å²) in [5, 5.41) is 11.9. The molecule has 0 radical (unpaired) electrons. The van der Waals surface area contributed by atoms with E-state index in [4.69, 9.17) is 5.26 Å². The van der Waals surface area contributed by atoms with Crippen molar-refractivity contribution in [3.63, 3.8) is 0 Å². The Hall–Kier alpha value is -1.13. The van der Waals surface area contributed by atoms with Crippen molar-refractivity contribution in [2.75, 3.05) is 20.1 Å². The molecule has 1 heterocycles. The average molecular weight is 302 g/mol. The maximum Gasteiger partial charge on any atom is 0.243 e. The minimum absolute atomic E-state index is 0. The van der Waals surface area contributed by atoms with Crippen LogP contribution in [0.4, 0.5) is 0 Å². The maximum absolute atomic E-state index is 12.3. The fourth-order valence-corrected chi connectivity index (χ4v) is 3.25. The molecule has 0 amide bonds. The minimum atomic E-state index is -3.46. The molecule has 1 aliphatic rings. The highest BCUT2D eigenvalue weighted by Crippen LogP contribution is 2.20. The summed E-state index contributed by atoms with van der Waals surface area (Å²) >= 11 is 0. The fraction of sp³-hybridized carbons (Fsp3) is 0.417. The van der Waals surface area contributed by atoms with Gasteiger partial charge in [0.1, 0.15) is 0 Å². The lowest BCUT2D eigenvalue weighted by Gasteiger charge is -2.34. The fourth-order valence-electron chi connectivity index (χ4n) is 1.82. The number of halogens is 1. The molecule has 2 rings (SSSR count). The lowest BCUT2D eigenvalue weighted by Crippen LogP contribution is -2.57. The van der Waals surface area contributed by atoms with Crippen molar-refractivity contribution in [3.8, 4) is 6.07 Å². The van der Waals surface area contributed by atoms with Crippen LogP contribution < -0.4 is 5.32 Å². The number of likely N-dealkylation sites (N-methyl/N-ethyl adjacent to an activating group) is 1. The van der Waals surface area contributed by atoms with E-state index in [2.05, 4.69) is 5.32 Å². The van der Waals surface area contributed by atoms with E-state index in [1.165, 1.54) is 10.4 Å². The Morgan fingerprint density at radius 1 is 1.42 bits per heavy atom. The van der Waals surface area contributed by atoms with Crippen molar-refractivity contribution < 1.29 is 8.42 Å². The molecule has 1 aromatic carbocycles. The molecule has 1 aromatic rings. The van der Waals surface area contributed by atoms with Crippen LogP contribution in [0.5, 0.6) is 0 Å². The number of nitriles is 1. The van der Waals surface area contributed by atoms with Crippen LogP contribution >= 0.6 is 12.4 Å². The Morgan fingerprint density at radius 2 is 2.05 bits per heavy atom. The number of hydrogen-bond donors (Lipinski definition) is 1. The molecule has 0 aliphatic carbocycles. The molecular weight excluding hydrogens is 286 g/mol. The summed E-state index contributed by atoms with van der Waals surface area (Å²) in [6, 6.07) is 6.64. The first-order chi connectivity index (χ1) is 8.46. The number of aryl methyl sites for hydroxylation is 1. The summed E-state index contributed by atoms with van der Waals surface area (Å²) < 4.78 is 26.1.